The maximum atomic E-state index is 11.8. The van der Waals surface area contributed by atoms with Crippen molar-refractivity contribution in [1.82, 2.24) is 15.5 Å². The normalized spacial score (nSPS) is 17.9. The van der Waals surface area contributed by atoms with Gasteiger partial charge in [0.15, 0.2) is 0 Å². The van der Waals surface area contributed by atoms with Crippen LogP contribution in [0.1, 0.15) is 24.3 Å². The van der Waals surface area contributed by atoms with E-state index in [2.05, 4.69) is 15.5 Å². The van der Waals surface area contributed by atoms with Crippen LogP contribution >= 0.6 is 0 Å². The van der Waals surface area contributed by atoms with Crippen molar-refractivity contribution in [3.05, 3.63) is 35.7 Å². The minimum Gasteiger partial charge on any atom is -0.368 e. The molecule has 0 radical (unpaired) electrons. The lowest BCUT2D eigenvalue weighted by Crippen LogP contribution is -2.33. The first-order valence-corrected chi connectivity index (χ1v) is 7.01. The third kappa shape index (κ3) is 3.28. The van der Waals surface area contributed by atoms with Gasteiger partial charge < -0.3 is 14.6 Å². The average molecular weight is 287 g/mol. The van der Waals surface area contributed by atoms with Gasteiger partial charge in [0.1, 0.15) is 6.10 Å². The van der Waals surface area contributed by atoms with Crippen LogP contribution in [0.15, 0.2) is 28.8 Å². The van der Waals surface area contributed by atoms with E-state index in [-0.39, 0.29) is 12.0 Å². The summed E-state index contributed by atoms with van der Waals surface area (Å²) in [4.78, 5) is 16.0. The highest BCUT2D eigenvalue weighted by Gasteiger charge is 2.22. The monoisotopic (exact) mass is 287 g/mol. The van der Waals surface area contributed by atoms with Crippen LogP contribution in [-0.4, -0.2) is 28.8 Å². The first-order valence-electron chi connectivity index (χ1n) is 7.01. The summed E-state index contributed by atoms with van der Waals surface area (Å²) in [5.74, 6) is 1.07. The molecule has 2 aromatic rings. The Morgan fingerprint density at radius 2 is 2.19 bits per heavy atom. The van der Waals surface area contributed by atoms with Crippen molar-refractivity contribution < 1.29 is 14.1 Å². The van der Waals surface area contributed by atoms with Gasteiger partial charge in [0.25, 0.3) is 0 Å². The molecule has 1 aliphatic heterocycles. The molecule has 0 unspecified atom stereocenters. The largest absolute Gasteiger partial charge is 0.368 e. The summed E-state index contributed by atoms with van der Waals surface area (Å²) >= 11 is 0. The number of aromatic nitrogens is 2. The second kappa shape index (κ2) is 6.05. The molecular weight excluding hydrogens is 270 g/mol. The van der Waals surface area contributed by atoms with E-state index < -0.39 is 0 Å². The lowest BCUT2D eigenvalue weighted by molar-refractivity contribution is -0.130. The first-order chi connectivity index (χ1) is 10.2. The molecule has 2 heterocycles. The van der Waals surface area contributed by atoms with Gasteiger partial charge in [-0.15, -0.1) is 0 Å². The van der Waals surface area contributed by atoms with Gasteiger partial charge in [-0.25, -0.2) is 0 Å². The van der Waals surface area contributed by atoms with E-state index >= 15 is 0 Å². The van der Waals surface area contributed by atoms with Crippen LogP contribution < -0.4 is 5.32 Å². The van der Waals surface area contributed by atoms with E-state index in [1.807, 2.05) is 24.3 Å². The number of ether oxygens (including phenoxy) is 1. The van der Waals surface area contributed by atoms with Crippen molar-refractivity contribution in [1.29, 1.82) is 0 Å². The van der Waals surface area contributed by atoms with Crippen LogP contribution in [0.2, 0.25) is 0 Å². The Bertz CT molecular complexity index is 615. The summed E-state index contributed by atoms with van der Waals surface area (Å²) in [6, 6.07) is 7.71. The molecule has 1 atom stereocenters. The van der Waals surface area contributed by atoms with Gasteiger partial charge in [-0.2, -0.15) is 4.98 Å². The molecule has 1 N–H and O–H groups in total. The van der Waals surface area contributed by atoms with Crippen LogP contribution in [0.5, 0.6) is 0 Å². The number of carbonyl (C=O) groups is 1. The zero-order valence-electron chi connectivity index (χ0n) is 11.8. The Kier molecular flexibility index (Phi) is 3.96. The van der Waals surface area contributed by atoms with Gasteiger partial charge in [0, 0.05) is 25.6 Å². The molecule has 1 amide bonds. The molecule has 1 aromatic heterocycles. The quantitative estimate of drug-likeness (QED) is 0.928. The van der Waals surface area contributed by atoms with E-state index in [1.54, 1.807) is 6.92 Å². The van der Waals surface area contributed by atoms with Crippen molar-refractivity contribution in [2.75, 3.05) is 6.61 Å². The highest BCUT2D eigenvalue weighted by Crippen LogP contribution is 2.16. The van der Waals surface area contributed by atoms with Gasteiger partial charge in [-0.3, -0.25) is 4.79 Å². The Labute approximate surface area is 122 Å². The number of rotatable bonds is 4. The van der Waals surface area contributed by atoms with E-state index in [0.29, 0.717) is 24.9 Å². The molecule has 21 heavy (non-hydrogen) atoms. The van der Waals surface area contributed by atoms with Gasteiger partial charge in [0.05, 0.1) is 0 Å². The molecule has 0 spiro atoms. The van der Waals surface area contributed by atoms with Gasteiger partial charge in [0.2, 0.25) is 17.6 Å². The number of carbonyl (C=O) groups excluding carboxylic acids is 1. The summed E-state index contributed by atoms with van der Waals surface area (Å²) in [6.45, 7) is 2.92. The Balaban J connectivity index is 1.58. The van der Waals surface area contributed by atoms with Crippen molar-refractivity contribution in [3.8, 4) is 11.4 Å². The van der Waals surface area contributed by atoms with E-state index in [0.717, 1.165) is 24.0 Å². The standard InChI is InChI=1S/C15H17N3O3/c1-10-17-14(18-21-10)12-6-4-11(5-7-12)9-16-15(19)13-3-2-8-20-13/h4-7,13H,2-3,8-9H2,1H3,(H,16,19)/t13-/m1/s1. The molecule has 6 nitrogen and oxygen atoms in total. The van der Waals surface area contributed by atoms with Crippen molar-refractivity contribution in [2.24, 2.45) is 0 Å². The number of hydrogen-bond donors (Lipinski definition) is 1. The molecular formula is C15H17N3O3. The minimum atomic E-state index is -0.286. The highest BCUT2D eigenvalue weighted by molar-refractivity contribution is 5.80. The molecule has 0 saturated carbocycles. The lowest BCUT2D eigenvalue weighted by atomic mass is 10.1. The summed E-state index contributed by atoms with van der Waals surface area (Å²) in [7, 11) is 0. The number of nitrogens with zero attached hydrogens (tertiary/aromatic N) is 2. The fourth-order valence-corrected chi connectivity index (χ4v) is 2.28. The minimum absolute atomic E-state index is 0.0367. The van der Waals surface area contributed by atoms with Crippen molar-refractivity contribution in [2.45, 2.75) is 32.4 Å². The maximum absolute atomic E-state index is 11.8. The molecule has 1 aliphatic rings. The van der Waals surface area contributed by atoms with Crippen LogP contribution in [0.3, 0.4) is 0 Å². The third-order valence-corrected chi connectivity index (χ3v) is 3.43. The topological polar surface area (TPSA) is 77.2 Å². The fourth-order valence-electron chi connectivity index (χ4n) is 2.28. The summed E-state index contributed by atoms with van der Waals surface area (Å²) < 4.78 is 10.3. The predicted molar refractivity (Wildman–Crippen MR) is 75.3 cm³/mol. The molecule has 0 bridgehead atoms. The lowest BCUT2D eigenvalue weighted by Gasteiger charge is -2.10. The Morgan fingerprint density at radius 3 is 2.81 bits per heavy atom. The van der Waals surface area contributed by atoms with Crippen LogP contribution in [0.25, 0.3) is 11.4 Å². The van der Waals surface area contributed by atoms with Crippen molar-refractivity contribution in [3.63, 3.8) is 0 Å². The molecule has 3 rings (SSSR count). The number of benzene rings is 1. The fraction of sp³-hybridized carbons (Fsp3) is 0.400. The Hall–Kier alpha value is -2.21. The number of aryl methyl sites for hydroxylation is 1. The Morgan fingerprint density at radius 1 is 1.38 bits per heavy atom. The molecule has 1 saturated heterocycles. The number of nitrogens with one attached hydrogen (secondary N) is 1. The second-order valence-electron chi connectivity index (χ2n) is 5.05. The SMILES string of the molecule is Cc1nc(-c2ccc(CNC(=O)[C@H]3CCCO3)cc2)no1. The summed E-state index contributed by atoms with van der Waals surface area (Å²) in [5.41, 5.74) is 1.91. The maximum Gasteiger partial charge on any atom is 0.249 e. The van der Waals surface area contributed by atoms with Crippen LogP contribution in [-0.2, 0) is 16.1 Å². The zero-order valence-corrected chi connectivity index (χ0v) is 11.8. The second-order valence-corrected chi connectivity index (χ2v) is 5.05. The predicted octanol–water partition coefficient (Wildman–Crippen LogP) is 1.84. The smallest absolute Gasteiger partial charge is 0.249 e. The number of amides is 1. The summed E-state index contributed by atoms with van der Waals surface area (Å²) in [5, 5.41) is 6.76. The average Bonchev–Trinajstić information content (AvgIpc) is 3.17. The molecule has 1 aromatic carbocycles. The molecule has 6 heteroatoms. The molecule has 110 valence electrons. The zero-order chi connectivity index (χ0) is 14.7. The van der Waals surface area contributed by atoms with Crippen molar-refractivity contribution >= 4 is 5.91 Å². The third-order valence-electron chi connectivity index (χ3n) is 3.43. The van der Waals surface area contributed by atoms with E-state index in [9.17, 15) is 4.79 Å². The van der Waals surface area contributed by atoms with Gasteiger partial charge in [-0.1, -0.05) is 29.4 Å². The van der Waals surface area contributed by atoms with E-state index in [1.165, 1.54) is 0 Å². The van der Waals surface area contributed by atoms with Gasteiger partial charge in [-0.05, 0) is 18.4 Å². The van der Waals surface area contributed by atoms with Crippen LogP contribution in [0, 0.1) is 6.92 Å². The van der Waals surface area contributed by atoms with E-state index in [4.69, 9.17) is 9.26 Å². The van der Waals surface area contributed by atoms with Crippen LogP contribution in [0.4, 0.5) is 0 Å². The molecule has 0 aliphatic carbocycles. The molecule has 1 fully saturated rings. The first kappa shape index (κ1) is 13.8. The van der Waals surface area contributed by atoms with Gasteiger partial charge >= 0.3 is 0 Å². The summed E-state index contributed by atoms with van der Waals surface area (Å²) in [6.07, 6.45) is 1.48. The highest BCUT2D eigenvalue weighted by atomic mass is 16.5. The number of hydrogen-bond acceptors (Lipinski definition) is 5.